The lowest BCUT2D eigenvalue weighted by atomic mass is 9.98. The molecule has 0 atom stereocenters. The van der Waals surface area contributed by atoms with Gasteiger partial charge in [0.15, 0.2) is 0 Å². The summed E-state index contributed by atoms with van der Waals surface area (Å²) in [4.78, 5) is 0. The molecule has 0 unspecified atom stereocenters. The Morgan fingerprint density at radius 3 is 2.08 bits per heavy atom. The van der Waals surface area contributed by atoms with E-state index in [1.54, 1.807) is 13.8 Å². The summed E-state index contributed by atoms with van der Waals surface area (Å²) in [5, 5.41) is 24.5. The van der Waals surface area contributed by atoms with Crippen LogP contribution in [-0.2, 0) is 5.21 Å². The average molecular weight is 171 g/mol. The number of nitrogens with zero attached hydrogens (tertiary/aromatic N) is 2. The van der Waals surface area contributed by atoms with Gasteiger partial charge >= 0.3 is 0 Å². The third-order valence-electron chi connectivity index (χ3n) is 2.48. The van der Waals surface area contributed by atoms with Gasteiger partial charge in [-0.25, -0.2) is 0 Å². The first kappa shape index (κ1) is 9.48. The first-order valence-corrected chi connectivity index (χ1v) is 4.01. The number of hydroxylamine groups is 2. The normalized spacial score (nSPS) is 31.2. The van der Waals surface area contributed by atoms with Crippen LogP contribution in [-0.4, -0.2) is 27.1 Å². The number of rotatable bonds is 0. The van der Waals surface area contributed by atoms with Gasteiger partial charge in [-0.3, -0.25) is 0 Å². The SMILES string of the molecule is CC1(C)C/C(=N/O)C(C)(C)N1[O]. The van der Waals surface area contributed by atoms with Crippen molar-refractivity contribution in [3.8, 4) is 0 Å². The van der Waals surface area contributed by atoms with E-state index in [-0.39, 0.29) is 0 Å². The van der Waals surface area contributed by atoms with Crippen LogP contribution >= 0.6 is 0 Å². The molecule has 0 aromatic rings. The molecule has 1 N–H and O–H groups in total. The molecule has 0 bridgehead atoms. The molecule has 1 radical (unpaired) electrons. The molecule has 1 heterocycles. The summed E-state index contributed by atoms with van der Waals surface area (Å²) in [6.45, 7) is 7.23. The molecule has 1 saturated heterocycles. The molecule has 1 rings (SSSR count). The van der Waals surface area contributed by atoms with Gasteiger partial charge in [-0.05, 0) is 27.7 Å². The Balaban J connectivity index is 3.05. The van der Waals surface area contributed by atoms with E-state index in [4.69, 9.17) is 5.21 Å². The van der Waals surface area contributed by atoms with Crippen LogP contribution in [0.3, 0.4) is 0 Å². The Morgan fingerprint density at radius 1 is 1.42 bits per heavy atom. The maximum Gasteiger partial charge on any atom is 0.0857 e. The summed E-state index contributed by atoms with van der Waals surface area (Å²) in [5.74, 6) is 0. The molecule has 69 valence electrons. The molecule has 0 saturated carbocycles. The van der Waals surface area contributed by atoms with Gasteiger partial charge in [-0.1, -0.05) is 5.16 Å². The minimum Gasteiger partial charge on any atom is -0.411 e. The van der Waals surface area contributed by atoms with Gasteiger partial charge in [-0.2, -0.15) is 0 Å². The van der Waals surface area contributed by atoms with Gasteiger partial charge < -0.3 is 5.21 Å². The van der Waals surface area contributed by atoms with Crippen LogP contribution in [0.4, 0.5) is 0 Å². The molecular weight excluding hydrogens is 156 g/mol. The summed E-state index contributed by atoms with van der Waals surface area (Å²) in [6.07, 6.45) is 0.528. The second-order valence-corrected chi connectivity index (χ2v) is 4.39. The van der Waals surface area contributed by atoms with E-state index in [0.29, 0.717) is 12.1 Å². The van der Waals surface area contributed by atoms with Crippen LogP contribution in [0.15, 0.2) is 5.16 Å². The van der Waals surface area contributed by atoms with E-state index >= 15 is 0 Å². The van der Waals surface area contributed by atoms with Crippen LogP contribution < -0.4 is 0 Å². The van der Waals surface area contributed by atoms with E-state index in [0.717, 1.165) is 5.06 Å². The second-order valence-electron chi connectivity index (χ2n) is 4.39. The van der Waals surface area contributed by atoms with Crippen molar-refractivity contribution >= 4 is 5.71 Å². The lowest BCUT2D eigenvalue weighted by Gasteiger charge is -2.30. The van der Waals surface area contributed by atoms with Crippen molar-refractivity contribution < 1.29 is 10.4 Å². The van der Waals surface area contributed by atoms with Crippen molar-refractivity contribution in [3.63, 3.8) is 0 Å². The molecule has 0 spiro atoms. The van der Waals surface area contributed by atoms with Crippen LogP contribution in [0.2, 0.25) is 0 Å². The first-order valence-electron chi connectivity index (χ1n) is 4.01. The predicted octanol–water partition coefficient (Wildman–Crippen LogP) is 1.43. The summed E-state index contributed by atoms with van der Waals surface area (Å²) in [6, 6.07) is 0. The molecule has 1 aliphatic heterocycles. The highest BCUT2D eigenvalue weighted by Gasteiger charge is 2.50. The van der Waals surface area contributed by atoms with Gasteiger partial charge in [0.2, 0.25) is 0 Å². The minimum absolute atomic E-state index is 0.453. The van der Waals surface area contributed by atoms with Crippen molar-refractivity contribution in [3.05, 3.63) is 0 Å². The molecular formula is C8H15N2O2. The zero-order valence-corrected chi connectivity index (χ0v) is 7.96. The molecule has 0 amide bonds. The highest BCUT2D eigenvalue weighted by atomic mass is 16.5. The van der Waals surface area contributed by atoms with E-state index < -0.39 is 11.1 Å². The summed E-state index contributed by atoms with van der Waals surface area (Å²) < 4.78 is 0. The van der Waals surface area contributed by atoms with E-state index in [2.05, 4.69) is 5.16 Å². The molecule has 1 aliphatic rings. The molecule has 0 aromatic carbocycles. The Kier molecular flexibility index (Phi) is 1.92. The molecule has 4 heteroatoms. The molecule has 0 aromatic heterocycles. The largest absolute Gasteiger partial charge is 0.411 e. The van der Waals surface area contributed by atoms with Crippen LogP contribution in [0.1, 0.15) is 34.1 Å². The molecule has 4 nitrogen and oxygen atoms in total. The van der Waals surface area contributed by atoms with Crippen molar-refractivity contribution in [2.24, 2.45) is 5.16 Å². The zero-order valence-electron chi connectivity index (χ0n) is 7.96. The van der Waals surface area contributed by atoms with Gasteiger partial charge in [0.25, 0.3) is 0 Å². The standard InChI is InChI=1S/C8H15N2O2/c1-7(2)5-6(9-11)8(3,4)10(7)12/h11H,5H2,1-4H3/b9-6-. The molecule has 1 fully saturated rings. The number of hydrogen-bond acceptors (Lipinski definition) is 3. The van der Waals surface area contributed by atoms with Crippen molar-refractivity contribution in [1.29, 1.82) is 0 Å². The van der Waals surface area contributed by atoms with Crippen LogP contribution in [0.25, 0.3) is 0 Å². The maximum absolute atomic E-state index is 11.6. The summed E-state index contributed by atoms with van der Waals surface area (Å²) in [7, 11) is 0. The number of hydrogen-bond donors (Lipinski definition) is 1. The van der Waals surface area contributed by atoms with Gasteiger partial charge in [-0.15, -0.1) is 10.3 Å². The fraction of sp³-hybridized carbons (Fsp3) is 0.875. The molecule has 12 heavy (non-hydrogen) atoms. The summed E-state index contributed by atoms with van der Waals surface area (Å²) >= 11 is 0. The van der Waals surface area contributed by atoms with Gasteiger partial charge in [0, 0.05) is 6.42 Å². The Morgan fingerprint density at radius 2 is 1.92 bits per heavy atom. The monoisotopic (exact) mass is 171 g/mol. The highest BCUT2D eigenvalue weighted by molar-refractivity contribution is 5.95. The lowest BCUT2D eigenvalue weighted by Crippen LogP contribution is -2.46. The fourth-order valence-electron chi connectivity index (χ4n) is 1.73. The molecule has 0 aliphatic carbocycles. The van der Waals surface area contributed by atoms with Crippen molar-refractivity contribution in [2.45, 2.75) is 45.2 Å². The Hall–Kier alpha value is -0.610. The third-order valence-corrected chi connectivity index (χ3v) is 2.48. The van der Waals surface area contributed by atoms with Crippen LogP contribution in [0.5, 0.6) is 0 Å². The smallest absolute Gasteiger partial charge is 0.0857 e. The zero-order chi connectivity index (χ0) is 9.57. The second kappa shape index (κ2) is 2.44. The van der Waals surface area contributed by atoms with Gasteiger partial charge in [0.05, 0.1) is 16.8 Å². The topological polar surface area (TPSA) is 55.7 Å². The van der Waals surface area contributed by atoms with Crippen molar-refractivity contribution in [1.82, 2.24) is 5.06 Å². The minimum atomic E-state index is -0.668. The fourth-order valence-corrected chi connectivity index (χ4v) is 1.73. The van der Waals surface area contributed by atoms with Crippen LogP contribution in [0, 0.1) is 0 Å². The van der Waals surface area contributed by atoms with Gasteiger partial charge in [0.1, 0.15) is 0 Å². The Bertz CT molecular complexity index is 221. The van der Waals surface area contributed by atoms with E-state index in [1.165, 1.54) is 0 Å². The number of oxime groups is 1. The summed E-state index contributed by atoms with van der Waals surface area (Å²) in [5.41, 5.74) is -0.564. The lowest BCUT2D eigenvalue weighted by molar-refractivity contribution is -0.237. The van der Waals surface area contributed by atoms with E-state index in [9.17, 15) is 5.21 Å². The Labute approximate surface area is 72.4 Å². The highest BCUT2D eigenvalue weighted by Crippen LogP contribution is 2.36. The third kappa shape index (κ3) is 1.11. The maximum atomic E-state index is 11.6. The predicted molar refractivity (Wildman–Crippen MR) is 44.5 cm³/mol. The van der Waals surface area contributed by atoms with E-state index in [1.807, 2.05) is 13.8 Å². The first-order chi connectivity index (χ1) is 5.32. The van der Waals surface area contributed by atoms with Crippen molar-refractivity contribution in [2.75, 3.05) is 0 Å². The average Bonchev–Trinajstić information content (AvgIpc) is 2.11. The quantitative estimate of drug-likeness (QED) is 0.442.